The highest BCUT2D eigenvalue weighted by atomic mass is 32.2. The molecule has 1 N–H and O–H groups in total. The number of aromatic nitrogens is 4. The number of nitrogens with zero attached hydrogens (tertiary/aromatic N) is 3. The van der Waals surface area contributed by atoms with Gasteiger partial charge in [-0.05, 0) is 36.6 Å². The van der Waals surface area contributed by atoms with Gasteiger partial charge in [0.2, 0.25) is 4.77 Å². The van der Waals surface area contributed by atoms with Crippen LogP contribution >= 0.6 is 24.0 Å². The summed E-state index contributed by atoms with van der Waals surface area (Å²) in [5, 5.41) is 10.2. The van der Waals surface area contributed by atoms with Gasteiger partial charge in [-0.3, -0.25) is 0 Å². The van der Waals surface area contributed by atoms with Crippen molar-refractivity contribution in [3.05, 3.63) is 4.77 Å². The number of nitrogens with one attached hydrogen (secondary N) is 1. The van der Waals surface area contributed by atoms with Gasteiger partial charge in [0.1, 0.15) is 0 Å². The topological polar surface area (TPSA) is 46.5 Å². The summed E-state index contributed by atoms with van der Waals surface area (Å²) in [7, 11) is 0. The van der Waals surface area contributed by atoms with Gasteiger partial charge in [0.25, 0.3) is 0 Å². The van der Waals surface area contributed by atoms with Crippen molar-refractivity contribution in [3.63, 3.8) is 0 Å². The molecule has 0 atom stereocenters. The predicted molar refractivity (Wildman–Crippen MR) is 50.8 cm³/mol. The molecule has 1 fully saturated rings. The molecule has 1 aromatic heterocycles. The van der Waals surface area contributed by atoms with Crippen LogP contribution in [0.4, 0.5) is 0 Å². The van der Waals surface area contributed by atoms with E-state index in [0.717, 1.165) is 0 Å². The number of aromatic amines is 1. The Morgan fingerprint density at radius 3 is 2.83 bits per heavy atom. The van der Waals surface area contributed by atoms with Crippen LogP contribution < -0.4 is 0 Å². The van der Waals surface area contributed by atoms with Gasteiger partial charge in [-0.2, -0.15) is 17.0 Å². The van der Waals surface area contributed by atoms with Gasteiger partial charge in [0.05, 0.1) is 6.04 Å². The summed E-state index contributed by atoms with van der Waals surface area (Å²) in [6.07, 6.45) is 2.34. The van der Waals surface area contributed by atoms with Crippen molar-refractivity contribution in [2.24, 2.45) is 0 Å². The van der Waals surface area contributed by atoms with E-state index < -0.39 is 0 Å². The first-order chi connectivity index (χ1) is 5.88. The zero-order valence-electron chi connectivity index (χ0n) is 6.56. The highest BCUT2D eigenvalue weighted by molar-refractivity contribution is 7.99. The second kappa shape index (κ2) is 3.57. The molecular formula is C6H10N4S2. The standard InChI is InChI=1S/C6H10N4S2/c11-6-7-8-9-10(6)5-1-3-12-4-2-5/h5H,1-4H2,(H,7,9,11). The second-order valence-corrected chi connectivity index (χ2v) is 4.39. The number of hydrogen-bond donors (Lipinski definition) is 1. The number of H-pyrrole nitrogens is 1. The highest BCUT2D eigenvalue weighted by Gasteiger charge is 2.16. The Kier molecular flexibility index (Phi) is 2.45. The lowest BCUT2D eigenvalue weighted by molar-refractivity contribution is 0.412. The Hall–Kier alpha value is -0.360. The quantitative estimate of drug-likeness (QED) is 0.699. The van der Waals surface area contributed by atoms with E-state index in [9.17, 15) is 0 Å². The Bertz CT molecular complexity index is 298. The molecule has 0 saturated carbocycles. The summed E-state index contributed by atoms with van der Waals surface area (Å²) < 4.78 is 2.47. The molecule has 1 aromatic rings. The van der Waals surface area contributed by atoms with Gasteiger partial charge in [-0.25, -0.2) is 4.68 Å². The minimum Gasteiger partial charge on any atom is -0.239 e. The average molecular weight is 202 g/mol. The molecule has 2 heterocycles. The Labute approximate surface area is 79.7 Å². The van der Waals surface area contributed by atoms with Crippen LogP contribution in [0.15, 0.2) is 0 Å². The zero-order valence-corrected chi connectivity index (χ0v) is 8.20. The molecule has 66 valence electrons. The molecule has 1 aliphatic rings. The molecule has 1 aliphatic heterocycles. The molecule has 6 heteroatoms. The molecule has 0 amide bonds. The molecule has 0 aromatic carbocycles. The Balaban J connectivity index is 2.18. The van der Waals surface area contributed by atoms with E-state index in [1.807, 2.05) is 16.4 Å². The molecule has 2 rings (SSSR count). The number of tetrazole rings is 1. The maximum absolute atomic E-state index is 5.02. The fraction of sp³-hybridized carbons (Fsp3) is 0.833. The zero-order chi connectivity index (χ0) is 8.39. The van der Waals surface area contributed by atoms with Crippen molar-refractivity contribution in [1.29, 1.82) is 0 Å². The largest absolute Gasteiger partial charge is 0.239 e. The normalized spacial score (nSPS) is 19.7. The first-order valence-electron chi connectivity index (χ1n) is 3.95. The Morgan fingerprint density at radius 2 is 2.25 bits per heavy atom. The molecule has 12 heavy (non-hydrogen) atoms. The lowest BCUT2D eigenvalue weighted by atomic mass is 10.2. The molecule has 0 unspecified atom stereocenters. The summed E-state index contributed by atoms with van der Waals surface area (Å²) in [6.45, 7) is 0. The summed E-state index contributed by atoms with van der Waals surface area (Å²) in [4.78, 5) is 0. The fourth-order valence-electron chi connectivity index (χ4n) is 1.39. The van der Waals surface area contributed by atoms with Crippen LogP contribution in [0, 0.1) is 4.77 Å². The van der Waals surface area contributed by atoms with E-state index in [1.165, 1.54) is 24.3 Å². The lowest BCUT2D eigenvalue weighted by Gasteiger charge is -2.20. The van der Waals surface area contributed by atoms with Crippen molar-refractivity contribution >= 4 is 24.0 Å². The van der Waals surface area contributed by atoms with Crippen molar-refractivity contribution in [2.75, 3.05) is 11.5 Å². The third-order valence-electron chi connectivity index (χ3n) is 2.05. The van der Waals surface area contributed by atoms with Crippen LogP contribution in [-0.4, -0.2) is 31.7 Å². The van der Waals surface area contributed by atoms with Crippen LogP contribution in [-0.2, 0) is 0 Å². The van der Waals surface area contributed by atoms with Crippen LogP contribution in [0.5, 0.6) is 0 Å². The predicted octanol–water partition coefficient (Wildman–Crippen LogP) is 1.40. The van der Waals surface area contributed by atoms with Crippen molar-refractivity contribution in [2.45, 2.75) is 18.9 Å². The van der Waals surface area contributed by atoms with Gasteiger partial charge in [0.15, 0.2) is 0 Å². The summed E-state index contributed by atoms with van der Waals surface area (Å²) in [6, 6.07) is 0.494. The first kappa shape index (κ1) is 8.25. The third kappa shape index (κ3) is 1.54. The molecule has 0 aliphatic carbocycles. The van der Waals surface area contributed by atoms with Crippen molar-refractivity contribution in [1.82, 2.24) is 20.2 Å². The summed E-state index contributed by atoms with van der Waals surface area (Å²) in [5.41, 5.74) is 0. The highest BCUT2D eigenvalue weighted by Crippen LogP contribution is 2.25. The van der Waals surface area contributed by atoms with E-state index in [1.54, 1.807) is 0 Å². The van der Waals surface area contributed by atoms with Gasteiger partial charge in [-0.1, -0.05) is 10.3 Å². The maximum atomic E-state index is 5.02. The Morgan fingerprint density at radius 1 is 1.50 bits per heavy atom. The molecule has 4 nitrogen and oxygen atoms in total. The molecular weight excluding hydrogens is 192 g/mol. The minimum absolute atomic E-state index is 0.494. The van der Waals surface area contributed by atoms with Crippen LogP contribution in [0.3, 0.4) is 0 Å². The van der Waals surface area contributed by atoms with E-state index in [2.05, 4.69) is 15.5 Å². The molecule has 0 radical (unpaired) electrons. The van der Waals surface area contributed by atoms with Gasteiger partial charge in [-0.15, -0.1) is 0 Å². The van der Waals surface area contributed by atoms with E-state index in [0.29, 0.717) is 10.8 Å². The van der Waals surface area contributed by atoms with E-state index >= 15 is 0 Å². The monoisotopic (exact) mass is 202 g/mol. The number of thioether (sulfide) groups is 1. The summed E-state index contributed by atoms with van der Waals surface area (Å²) >= 11 is 7.02. The summed E-state index contributed by atoms with van der Waals surface area (Å²) in [5.74, 6) is 2.43. The smallest absolute Gasteiger partial charge is 0.238 e. The second-order valence-electron chi connectivity index (χ2n) is 2.80. The van der Waals surface area contributed by atoms with Crippen LogP contribution in [0.25, 0.3) is 0 Å². The third-order valence-corrected chi connectivity index (χ3v) is 3.38. The van der Waals surface area contributed by atoms with Gasteiger partial charge >= 0.3 is 0 Å². The maximum Gasteiger partial charge on any atom is 0.238 e. The fourth-order valence-corrected chi connectivity index (χ4v) is 2.70. The van der Waals surface area contributed by atoms with Crippen LogP contribution in [0.2, 0.25) is 0 Å². The molecule has 0 spiro atoms. The average Bonchev–Trinajstić information content (AvgIpc) is 2.53. The van der Waals surface area contributed by atoms with Crippen LogP contribution in [0.1, 0.15) is 18.9 Å². The van der Waals surface area contributed by atoms with Gasteiger partial charge < -0.3 is 0 Å². The molecule has 0 bridgehead atoms. The first-order valence-corrected chi connectivity index (χ1v) is 5.51. The minimum atomic E-state index is 0.494. The van der Waals surface area contributed by atoms with E-state index in [-0.39, 0.29) is 0 Å². The number of hydrogen-bond acceptors (Lipinski definition) is 4. The van der Waals surface area contributed by atoms with Crippen molar-refractivity contribution in [3.8, 4) is 0 Å². The van der Waals surface area contributed by atoms with E-state index in [4.69, 9.17) is 12.2 Å². The molecule has 1 saturated heterocycles. The lowest BCUT2D eigenvalue weighted by Crippen LogP contribution is -2.16. The number of rotatable bonds is 1. The van der Waals surface area contributed by atoms with Gasteiger partial charge in [0, 0.05) is 0 Å². The van der Waals surface area contributed by atoms with Crippen molar-refractivity contribution < 1.29 is 0 Å². The SMILES string of the molecule is S=c1nn[nH]n1C1CCSCC1.